The molecule has 0 aromatic heterocycles. The van der Waals surface area contributed by atoms with Crippen molar-refractivity contribution in [3.63, 3.8) is 0 Å². The van der Waals surface area contributed by atoms with Crippen LogP contribution in [0.5, 0.6) is 11.5 Å². The Kier molecular flexibility index (Phi) is 2.57. The second kappa shape index (κ2) is 3.74. The molecule has 0 aliphatic heterocycles. The molecule has 15 heavy (non-hydrogen) atoms. The van der Waals surface area contributed by atoms with Crippen LogP contribution in [0.1, 0.15) is 24.1 Å². The van der Waals surface area contributed by atoms with Gasteiger partial charge in [-0.3, -0.25) is 0 Å². The molecule has 0 bridgehead atoms. The second-order valence-electron chi connectivity index (χ2n) is 4.11. The van der Waals surface area contributed by atoms with Gasteiger partial charge in [0.2, 0.25) is 0 Å². The van der Waals surface area contributed by atoms with Crippen LogP contribution in [0.25, 0.3) is 0 Å². The van der Waals surface area contributed by atoms with Crippen LogP contribution in [0.15, 0.2) is 12.1 Å². The van der Waals surface area contributed by atoms with E-state index in [0.717, 1.165) is 17.9 Å². The number of ether oxygens (including phenoxy) is 2. The van der Waals surface area contributed by atoms with Crippen molar-refractivity contribution in [3.05, 3.63) is 23.3 Å². The molecule has 2 rings (SSSR count). The third-order valence-corrected chi connectivity index (χ3v) is 3.16. The first-order valence-electron chi connectivity index (χ1n) is 5.17. The van der Waals surface area contributed by atoms with E-state index in [0.29, 0.717) is 5.92 Å². The molecule has 0 spiro atoms. The lowest BCUT2D eigenvalue weighted by atomic mass is 10.0. The van der Waals surface area contributed by atoms with Crippen molar-refractivity contribution < 1.29 is 9.47 Å². The molecule has 82 valence electrons. The number of fused-ring (bicyclic) bond motifs is 1. The molecule has 1 aromatic carbocycles. The summed E-state index contributed by atoms with van der Waals surface area (Å²) in [6.07, 6.45) is 1.02. The Morgan fingerprint density at radius 1 is 1.20 bits per heavy atom. The van der Waals surface area contributed by atoms with Crippen LogP contribution >= 0.6 is 0 Å². The van der Waals surface area contributed by atoms with Gasteiger partial charge in [0.15, 0.2) is 11.5 Å². The van der Waals surface area contributed by atoms with Crippen molar-refractivity contribution in [1.82, 2.24) is 0 Å². The molecule has 3 heteroatoms. The molecule has 0 saturated carbocycles. The minimum absolute atomic E-state index is 0.125. The van der Waals surface area contributed by atoms with Crippen molar-refractivity contribution >= 4 is 0 Å². The second-order valence-corrected chi connectivity index (χ2v) is 4.11. The van der Waals surface area contributed by atoms with Gasteiger partial charge in [0.1, 0.15) is 0 Å². The summed E-state index contributed by atoms with van der Waals surface area (Å²) in [5.41, 5.74) is 8.59. The average Bonchev–Trinajstić information content (AvgIpc) is 2.53. The lowest BCUT2D eigenvalue weighted by molar-refractivity contribution is 0.354. The van der Waals surface area contributed by atoms with Crippen LogP contribution in [0, 0.1) is 5.92 Å². The summed E-state index contributed by atoms with van der Waals surface area (Å²) in [5, 5.41) is 0. The van der Waals surface area contributed by atoms with Crippen LogP contribution in [-0.2, 0) is 6.42 Å². The Morgan fingerprint density at radius 2 is 1.80 bits per heavy atom. The van der Waals surface area contributed by atoms with Crippen LogP contribution < -0.4 is 15.2 Å². The van der Waals surface area contributed by atoms with Gasteiger partial charge in [-0.2, -0.15) is 0 Å². The van der Waals surface area contributed by atoms with Crippen LogP contribution in [0.2, 0.25) is 0 Å². The van der Waals surface area contributed by atoms with Crippen molar-refractivity contribution in [2.75, 3.05) is 14.2 Å². The van der Waals surface area contributed by atoms with E-state index in [9.17, 15) is 0 Å². The molecule has 1 aliphatic carbocycles. The molecule has 0 heterocycles. The van der Waals surface area contributed by atoms with Crippen molar-refractivity contribution in [2.45, 2.75) is 19.4 Å². The molecule has 0 saturated heterocycles. The smallest absolute Gasteiger partial charge is 0.161 e. The quantitative estimate of drug-likeness (QED) is 0.805. The fourth-order valence-corrected chi connectivity index (χ4v) is 2.20. The molecule has 3 nitrogen and oxygen atoms in total. The van der Waals surface area contributed by atoms with Crippen molar-refractivity contribution in [1.29, 1.82) is 0 Å². The molecule has 0 amide bonds. The molecule has 0 fully saturated rings. The van der Waals surface area contributed by atoms with E-state index in [1.807, 2.05) is 12.1 Å². The number of hydrogen-bond acceptors (Lipinski definition) is 3. The lowest BCUT2D eigenvalue weighted by Crippen LogP contribution is -2.13. The maximum absolute atomic E-state index is 6.11. The summed E-state index contributed by atoms with van der Waals surface area (Å²) in [7, 11) is 3.30. The third-order valence-electron chi connectivity index (χ3n) is 3.16. The van der Waals surface area contributed by atoms with Crippen molar-refractivity contribution in [3.8, 4) is 11.5 Å². The number of benzene rings is 1. The summed E-state index contributed by atoms with van der Waals surface area (Å²) in [5.74, 6) is 2.05. The Bertz CT molecular complexity index is 376. The zero-order valence-corrected chi connectivity index (χ0v) is 9.41. The third kappa shape index (κ3) is 1.57. The normalized spacial score (nSPS) is 23.7. The standard InChI is InChI=1S/C12H17NO2/c1-7-4-8-5-10(14-2)11(15-3)6-9(8)12(7)13/h5-7,12H,4,13H2,1-3H3. The van der Waals surface area contributed by atoms with E-state index in [1.165, 1.54) is 11.1 Å². The van der Waals surface area contributed by atoms with Gasteiger partial charge in [-0.05, 0) is 35.6 Å². The monoisotopic (exact) mass is 207 g/mol. The molecule has 2 N–H and O–H groups in total. The summed E-state index contributed by atoms with van der Waals surface area (Å²) in [6, 6.07) is 4.17. The molecule has 1 aliphatic rings. The maximum Gasteiger partial charge on any atom is 0.161 e. The zero-order valence-electron chi connectivity index (χ0n) is 9.41. The molecule has 0 radical (unpaired) electrons. The van der Waals surface area contributed by atoms with E-state index in [2.05, 4.69) is 6.92 Å². The topological polar surface area (TPSA) is 44.5 Å². The minimum Gasteiger partial charge on any atom is -0.493 e. The summed E-state index contributed by atoms with van der Waals surface area (Å²) < 4.78 is 10.5. The number of rotatable bonds is 2. The highest BCUT2D eigenvalue weighted by Crippen LogP contribution is 2.40. The van der Waals surface area contributed by atoms with E-state index in [-0.39, 0.29) is 6.04 Å². The number of hydrogen-bond donors (Lipinski definition) is 1. The predicted molar refractivity (Wildman–Crippen MR) is 59.3 cm³/mol. The fraction of sp³-hybridized carbons (Fsp3) is 0.500. The Morgan fingerprint density at radius 3 is 2.40 bits per heavy atom. The molecular weight excluding hydrogens is 190 g/mol. The predicted octanol–water partition coefficient (Wildman–Crippen LogP) is 1.90. The van der Waals surface area contributed by atoms with Gasteiger partial charge >= 0.3 is 0 Å². The highest BCUT2D eigenvalue weighted by atomic mass is 16.5. The van der Waals surface area contributed by atoms with Gasteiger partial charge < -0.3 is 15.2 Å². The Balaban J connectivity index is 2.48. The van der Waals surface area contributed by atoms with E-state index >= 15 is 0 Å². The largest absolute Gasteiger partial charge is 0.493 e. The first-order valence-corrected chi connectivity index (χ1v) is 5.17. The van der Waals surface area contributed by atoms with E-state index in [4.69, 9.17) is 15.2 Å². The van der Waals surface area contributed by atoms with Gasteiger partial charge in [0.25, 0.3) is 0 Å². The Hall–Kier alpha value is -1.22. The van der Waals surface area contributed by atoms with Gasteiger partial charge in [0.05, 0.1) is 14.2 Å². The highest BCUT2D eigenvalue weighted by Gasteiger charge is 2.27. The number of methoxy groups -OCH3 is 2. The van der Waals surface area contributed by atoms with Gasteiger partial charge in [0, 0.05) is 6.04 Å². The minimum atomic E-state index is 0.125. The number of nitrogens with two attached hydrogens (primary N) is 1. The van der Waals surface area contributed by atoms with Gasteiger partial charge in [-0.25, -0.2) is 0 Å². The van der Waals surface area contributed by atoms with Gasteiger partial charge in [-0.15, -0.1) is 0 Å². The molecule has 2 atom stereocenters. The van der Waals surface area contributed by atoms with Crippen molar-refractivity contribution in [2.24, 2.45) is 11.7 Å². The highest BCUT2D eigenvalue weighted by molar-refractivity contribution is 5.50. The molecule has 2 unspecified atom stereocenters. The molecular formula is C12H17NO2. The summed E-state index contributed by atoms with van der Waals surface area (Å²) >= 11 is 0. The zero-order chi connectivity index (χ0) is 11.0. The van der Waals surface area contributed by atoms with Crippen LogP contribution in [-0.4, -0.2) is 14.2 Å². The maximum atomic E-state index is 6.11. The van der Waals surface area contributed by atoms with Crippen LogP contribution in [0.3, 0.4) is 0 Å². The summed E-state index contributed by atoms with van der Waals surface area (Å²) in [4.78, 5) is 0. The SMILES string of the molecule is COc1cc2c(cc1OC)C(N)C(C)C2. The first-order chi connectivity index (χ1) is 7.17. The lowest BCUT2D eigenvalue weighted by Gasteiger charge is -2.12. The molecule has 1 aromatic rings. The Labute approximate surface area is 90.2 Å². The van der Waals surface area contributed by atoms with E-state index in [1.54, 1.807) is 14.2 Å². The van der Waals surface area contributed by atoms with Crippen LogP contribution in [0.4, 0.5) is 0 Å². The van der Waals surface area contributed by atoms with Gasteiger partial charge in [-0.1, -0.05) is 6.92 Å². The summed E-state index contributed by atoms with van der Waals surface area (Å²) in [6.45, 7) is 2.17. The fourth-order valence-electron chi connectivity index (χ4n) is 2.20. The first kappa shape index (κ1) is 10.3. The average molecular weight is 207 g/mol. The van der Waals surface area contributed by atoms with E-state index < -0.39 is 0 Å².